The summed E-state index contributed by atoms with van der Waals surface area (Å²) in [5.41, 5.74) is 1.33. The van der Waals surface area contributed by atoms with Crippen molar-refractivity contribution in [3.63, 3.8) is 0 Å². The topological polar surface area (TPSA) is 54.3 Å². The van der Waals surface area contributed by atoms with Crippen LogP contribution in [-0.2, 0) is 18.4 Å². The van der Waals surface area contributed by atoms with Gasteiger partial charge in [0.2, 0.25) is 5.91 Å². The van der Waals surface area contributed by atoms with Crippen LogP contribution in [0.4, 0.5) is 0 Å². The van der Waals surface area contributed by atoms with E-state index in [1.165, 1.54) is 30.2 Å². The van der Waals surface area contributed by atoms with E-state index in [9.17, 15) is 4.79 Å². The number of aromatic nitrogens is 3. The summed E-state index contributed by atoms with van der Waals surface area (Å²) in [4.78, 5) is 17.3. The average Bonchev–Trinajstić information content (AvgIpc) is 3.47. The van der Waals surface area contributed by atoms with Gasteiger partial charge in [0, 0.05) is 45.7 Å². The first kappa shape index (κ1) is 18.5. The zero-order valence-electron chi connectivity index (χ0n) is 16.0. The summed E-state index contributed by atoms with van der Waals surface area (Å²) in [6, 6.07) is 10.5. The molecule has 0 radical (unpaired) electrons. The van der Waals surface area contributed by atoms with E-state index in [0.717, 1.165) is 43.7 Å². The lowest BCUT2D eigenvalue weighted by Crippen LogP contribution is -2.50. The van der Waals surface area contributed by atoms with E-state index in [1.807, 2.05) is 24.9 Å². The van der Waals surface area contributed by atoms with Gasteiger partial charge in [0.1, 0.15) is 5.82 Å². The third-order valence-electron chi connectivity index (χ3n) is 5.37. The first-order chi connectivity index (χ1) is 13.1. The molecule has 0 spiro atoms. The molecule has 1 aliphatic heterocycles. The highest BCUT2D eigenvalue weighted by molar-refractivity contribution is 8.00. The fourth-order valence-electron chi connectivity index (χ4n) is 3.56. The van der Waals surface area contributed by atoms with Gasteiger partial charge in [-0.05, 0) is 25.3 Å². The van der Waals surface area contributed by atoms with Crippen molar-refractivity contribution in [2.45, 2.75) is 42.6 Å². The van der Waals surface area contributed by atoms with Crippen LogP contribution in [-0.4, -0.2) is 61.9 Å². The summed E-state index contributed by atoms with van der Waals surface area (Å²) in [6.07, 6.45) is 2.41. The SMILES string of the molecule is C[C@H](Sc1nnc(C2CC2)n1C)C(=O)N1CCN(Cc2ccccc2)CC1. The molecule has 0 N–H and O–H groups in total. The molecule has 1 aromatic carbocycles. The predicted octanol–water partition coefficient (Wildman–Crippen LogP) is 2.52. The first-order valence-electron chi connectivity index (χ1n) is 9.73. The van der Waals surface area contributed by atoms with E-state index in [2.05, 4.69) is 43.9 Å². The zero-order chi connectivity index (χ0) is 18.8. The van der Waals surface area contributed by atoms with Gasteiger partial charge in [0.25, 0.3) is 0 Å². The molecule has 27 heavy (non-hydrogen) atoms. The van der Waals surface area contributed by atoms with E-state index in [0.29, 0.717) is 5.92 Å². The van der Waals surface area contributed by atoms with Crippen LogP contribution >= 0.6 is 11.8 Å². The van der Waals surface area contributed by atoms with Gasteiger partial charge in [-0.15, -0.1) is 10.2 Å². The molecule has 144 valence electrons. The van der Waals surface area contributed by atoms with Crippen molar-refractivity contribution in [2.75, 3.05) is 26.2 Å². The maximum absolute atomic E-state index is 12.9. The monoisotopic (exact) mass is 385 g/mol. The van der Waals surface area contributed by atoms with Crippen molar-refractivity contribution < 1.29 is 4.79 Å². The molecule has 0 unspecified atom stereocenters. The Bertz CT molecular complexity index is 781. The summed E-state index contributed by atoms with van der Waals surface area (Å²) >= 11 is 1.53. The Balaban J connectivity index is 1.28. The molecule has 0 bridgehead atoms. The van der Waals surface area contributed by atoms with E-state index in [-0.39, 0.29) is 11.2 Å². The molecule has 2 heterocycles. The van der Waals surface area contributed by atoms with Gasteiger partial charge in [0.15, 0.2) is 5.16 Å². The van der Waals surface area contributed by atoms with Crippen LogP contribution < -0.4 is 0 Å². The number of thioether (sulfide) groups is 1. The zero-order valence-corrected chi connectivity index (χ0v) is 16.9. The number of benzene rings is 1. The number of hydrogen-bond acceptors (Lipinski definition) is 5. The van der Waals surface area contributed by atoms with Crippen molar-refractivity contribution in [2.24, 2.45) is 7.05 Å². The van der Waals surface area contributed by atoms with Crippen LogP contribution in [0.5, 0.6) is 0 Å². The quantitative estimate of drug-likeness (QED) is 0.715. The minimum absolute atomic E-state index is 0.138. The lowest BCUT2D eigenvalue weighted by atomic mass is 10.2. The number of carbonyl (C=O) groups is 1. The second-order valence-electron chi connectivity index (χ2n) is 7.52. The van der Waals surface area contributed by atoms with E-state index >= 15 is 0 Å². The largest absolute Gasteiger partial charge is 0.339 e. The number of carbonyl (C=O) groups excluding carboxylic acids is 1. The molecule has 1 amide bonds. The second kappa shape index (κ2) is 8.02. The van der Waals surface area contributed by atoms with Gasteiger partial charge in [-0.1, -0.05) is 42.1 Å². The molecule has 1 saturated heterocycles. The number of nitrogens with zero attached hydrogens (tertiary/aromatic N) is 5. The summed E-state index contributed by atoms with van der Waals surface area (Å²) in [6.45, 7) is 6.37. The highest BCUT2D eigenvalue weighted by atomic mass is 32.2. The molecule has 2 fully saturated rings. The first-order valence-corrected chi connectivity index (χ1v) is 10.6. The fourth-order valence-corrected chi connectivity index (χ4v) is 4.47. The third-order valence-corrected chi connectivity index (χ3v) is 6.50. The standard InChI is InChI=1S/C20H27N5OS/c1-15(27-20-22-21-18(23(20)2)17-8-9-17)19(26)25-12-10-24(11-13-25)14-16-6-4-3-5-7-16/h3-7,15,17H,8-14H2,1-2H3/t15-/m0/s1. The summed E-state index contributed by atoms with van der Waals surface area (Å²) in [5.74, 6) is 1.84. The summed E-state index contributed by atoms with van der Waals surface area (Å²) in [7, 11) is 2.01. The summed E-state index contributed by atoms with van der Waals surface area (Å²) < 4.78 is 2.06. The smallest absolute Gasteiger partial charge is 0.235 e. The van der Waals surface area contributed by atoms with Crippen LogP contribution in [0.2, 0.25) is 0 Å². The van der Waals surface area contributed by atoms with Gasteiger partial charge < -0.3 is 9.47 Å². The Morgan fingerprint density at radius 3 is 2.52 bits per heavy atom. The Morgan fingerprint density at radius 1 is 1.15 bits per heavy atom. The lowest BCUT2D eigenvalue weighted by Gasteiger charge is -2.35. The van der Waals surface area contributed by atoms with Gasteiger partial charge >= 0.3 is 0 Å². The Labute approximate surface area is 164 Å². The van der Waals surface area contributed by atoms with Gasteiger partial charge in [-0.2, -0.15) is 0 Å². The number of piperazine rings is 1. The third kappa shape index (κ3) is 4.35. The number of hydrogen-bond donors (Lipinski definition) is 0. The molecule has 1 aliphatic carbocycles. The summed E-state index contributed by atoms with van der Waals surface area (Å²) in [5, 5.41) is 9.32. The molecule has 2 aromatic rings. The van der Waals surface area contributed by atoms with Crippen LogP contribution in [0.15, 0.2) is 35.5 Å². The van der Waals surface area contributed by atoms with E-state index in [4.69, 9.17) is 0 Å². The molecular formula is C20H27N5OS. The number of rotatable bonds is 6. The van der Waals surface area contributed by atoms with Crippen molar-refractivity contribution >= 4 is 17.7 Å². The Kier molecular flexibility index (Phi) is 5.50. The minimum Gasteiger partial charge on any atom is -0.339 e. The molecule has 6 nitrogen and oxygen atoms in total. The van der Waals surface area contributed by atoms with E-state index in [1.54, 1.807) is 0 Å². The van der Waals surface area contributed by atoms with Crippen LogP contribution in [0.3, 0.4) is 0 Å². The van der Waals surface area contributed by atoms with Crippen molar-refractivity contribution in [1.29, 1.82) is 0 Å². The maximum Gasteiger partial charge on any atom is 0.235 e. The average molecular weight is 386 g/mol. The van der Waals surface area contributed by atoms with Gasteiger partial charge in [-0.3, -0.25) is 9.69 Å². The van der Waals surface area contributed by atoms with Crippen molar-refractivity contribution in [3.05, 3.63) is 41.7 Å². The highest BCUT2D eigenvalue weighted by Crippen LogP contribution is 2.39. The van der Waals surface area contributed by atoms with Gasteiger partial charge in [-0.25, -0.2) is 0 Å². The fraction of sp³-hybridized carbons (Fsp3) is 0.550. The highest BCUT2D eigenvalue weighted by Gasteiger charge is 2.31. The van der Waals surface area contributed by atoms with E-state index < -0.39 is 0 Å². The molecule has 1 saturated carbocycles. The maximum atomic E-state index is 12.9. The molecular weight excluding hydrogens is 358 g/mol. The van der Waals surface area contributed by atoms with Crippen LogP contribution in [0.1, 0.15) is 37.1 Å². The lowest BCUT2D eigenvalue weighted by molar-refractivity contribution is -0.132. The molecule has 4 rings (SSSR count). The normalized spacial score (nSPS) is 19.3. The minimum atomic E-state index is -0.138. The Morgan fingerprint density at radius 2 is 1.85 bits per heavy atom. The predicted molar refractivity (Wildman–Crippen MR) is 107 cm³/mol. The van der Waals surface area contributed by atoms with Crippen LogP contribution in [0.25, 0.3) is 0 Å². The molecule has 7 heteroatoms. The van der Waals surface area contributed by atoms with Crippen molar-refractivity contribution in [1.82, 2.24) is 24.6 Å². The molecule has 1 atom stereocenters. The number of amides is 1. The molecule has 1 aromatic heterocycles. The van der Waals surface area contributed by atoms with Crippen LogP contribution in [0, 0.1) is 0 Å². The Hall–Kier alpha value is -1.86. The van der Waals surface area contributed by atoms with Gasteiger partial charge in [0.05, 0.1) is 5.25 Å². The molecule has 2 aliphatic rings. The van der Waals surface area contributed by atoms with Crippen molar-refractivity contribution in [3.8, 4) is 0 Å². The second-order valence-corrected chi connectivity index (χ2v) is 8.83.